The van der Waals surface area contributed by atoms with Gasteiger partial charge < -0.3 is 19.7 Å². The van der Waals surface area contributed by atoms with Gasteiger partial charge >= 0.3 is 0 Å². The number of benzene rings is 1. The lowest BCUT2D eigenvalue weighted by molar-refractivity contribution is -0.885. The quantitative estimate of drug-likeness (QED) is 0.788. The number of carbonyl (C=O) groups is 1. The van der Waals surface area contributed by atoms with Crippen LogP contribution in [-0.4, -0.2) is 39.8 Å². The first-order valence-electron chi connectivity index (χ1n) is 9.26. The Labute approximate surface area is 151 Å². The van der Waals surface area contributed by atoms with Crippen LogP contribution in [-0.2, 0) is 11.3 Å². The average molecular weight is 349 g/mol. The van der Waals surface area contributed by atoms with Crippen LogP contribution in [0.25, 0.3) is 0 Å². The fourth-order valence-corrected chi connectivity index (χ4v) is 3.66. The summed E-state index contributed by atoms with van der Waals surface area (Å²) in [6.45, 7) is 5.57. The SMILES string of the molecule is COc1cc(C)c(C[NH+](C)CC(=O)N[C@H]2CCCC[C@@H]2C)cc1OC. The highest BCUT2D eigenvalue weighted by atomic mass is 16.5. The Morgan fingerprint density at radius 3 is 2.48 bits per heavy atom. The van der Waals surface area contributed by atoms with E-state index >= 15 is 0 Å². The summed E-state index contributed by atoms with van der Waals surface area (Å²) in [5.41, 5.74) is 2.33. The summed E-state index contributed by atoms with van der Waals surface area (Å²) in [4.78, 5) is 13.6. The minimum atomic E-state index is 0.148. The van der Waals surface area contributed by atoms with Crippen LogP contribution >= 0.6 is 0 Å². The van der Waals surface area contributed by atoms with Crippen molar-refractivity contribution in [3.8, 4) is 11.5 Å². The summed E-state index contributed by atoms with van der Waals surface area (Å²) in [5.74, 6) is 2.21. The normalized spacial score (nSPS) is 21.5. The molecule has 1 aliphatic rings. The first kappa shape index (κ1) is 19.6. The topological polar surface area (TPSA) is 52.0 Å². The Balaban J connectivity index is 1.93. The summed E-state index contributed by atoms with van der Waals surface area (Å²) in [6, 6.07) is 4.35. The van der Waals surface area contributed by atoms with E-state index in [0.29, 0.717) is 18.5 Å². The molecule has 5 heteroatoms. The van der Waals surface area contributed by atoms with Crippen molar-refractivity contribution in [1.29, 1.82) is 0 Å². The number of rotatable bonds is 7. The van der Waals surface area contributed by atoms with Gasteiger partial charge in [-0.3, -0.25) is 4.79 Å². The number of hydrogen-bond donors (Lipinski definition) is 2. The number of ether oxygens (including phenoxy) is 2. The summed E-state index contributed by atoms with van der Waals surface area (Å²) in [6.07, 6.45) is 4.85. The standard InChI is InChI=1S/C20H32N2O3/c1-14-8-6-7-9-17(14)21-20(23)13-22(3)12-16-11-19(25-5)18(24-4)10-15(16)2/h10-11,14,17H,6-9,12-13H2,1-5H3,(H,21,23)/p+1/t14-,17-/m0/s1. The first-order valence-corrected chi connectivity index (χ1v) is 9.26. The molecule has 0 radical (unpaired) electrons. The Hall–Kier alpha value is -1.75. The summed E-state index contributed by atoms with van der Waals surface area (Å²) in [5, 5.41) is 3.24. The lowest BCUT2D eigenvalue weighted by Crippen LogP contribution is -3.09. The largest absolute Gasteiger partial charge is 0.493 e. The van der Waals surface area contributed by atoms with Gasteiger partial charge in [-0.05, 0) is 43.4 Å². The van der Waals surface area contributed by atoms with Crippen molar-refractivity contribution in [1.82, 2.24) is 5.32 Å². The van der Waals surface area contributed by atoms with E-state index in [2.05, 4.69) is 26.2 Å². The zero-order chi connectivity index (χ0) is 18.4. The second-order valence-electron chi connectivity index (χ2n) is 7.38. The predicted molar refractivity (Wildman–Crippen MR) is 99.3 cm³/mol. The van der Waals surface area contributed by atoms with E-state index < -0.39 is 0 Å². The second kappa shape index (κ2) is 9.09. The van der Waals surface area contributed by atoms with Crippen molar-refractivity contribution in [2.45, 2.75) is 52.1 Å². The van der Waals surface area contributed by atoms with Crippen molar-refractivity contribution in [2.24, 2.45) is 5.92 Å². The highest BCUT2D eigenvalue weighted by molar-refractivity contribution is 5.77. The van der Waals surface area contributed by atoms with Crippen LogP contribution in [0.3, 0.4) is 0 Å². The van der Waals surface area contributed by atoms with Crippen molar-refractivity contribution < 1.29 is 19.2 Å². The van der Waals surface area contributed by atoms with Crippen LogP contribution in [0.15, 0.2) is 12.1 Å². The van der Waals surface area contributed by atoms with E-state index in [1.165, 1.54) is 24.8 Å². The number of quaternary nitrogens is 1. The third-order valence-corrected chi connectivity index (χ3v) is 5.25. The maximum atomic E-state index is 12.4. The molecule has 0 bridgehead atoms. The van der Waals surface area contributed by atoms with E-state index in [-0.39, 0.29) is 5.91 Å². The molecule has 1 aromatic carbocycles. The van der Waals surface area contributed by atoms with Gasteiger partial charge in [0.05, 0.1) is 21.3 Å². The molecule has 1 aromatic rings. The molecular formula is C20H33N2O3+. The molecule has 0 aromatic heterocycles. The third kappa shape index (κ3) is 5.36. The fraction of sp³-hybridized carbons (Fsp3) is 0.650. The Kier molecular flexibility index (Phi) is 7.12. The highest BCUT2D eigenvalue weighted by Gasteiger charge is 2.24. The van der Waals surface area contributed by atoms with Crippen LogP contribution in [0.1, 0.15) is 43.7 Å². The maximum absolute atomic E-state index is 12.4. The summed E-state index contributed by atoms with van der Waals surface area (Å²) in [7, 11) is 5.34. The number of likely N-dealkylation sites (N-methyl/N-ethyl adjacent to an activating group) is 1. The predicted octanol–water partition coefficient (Wildman–Crippen LogP) is 1.72. The second-order valence-corrected chi connectivity index (χ2v) is 7.38. The molecule has 3 atom stereocenters. The van der Waals surface area contributed by atoms with Gasteiger partial charge in [0.15, 0.2) is 18.0 Å². The summed E-state index contributed by atoms with van der Waals surface area (Å²) >= 11 is 0. The summed E-state index contributed by atoms with van der Waals surface area (Å²) < 4.78 is 10.7. The van der Waals surface area contributed by atoms with Crippen LogP contribution in [0.2, 0.25) is 0 Å². The number of carbonyl (C=O) groups excluding carboxylic acids is 1. The average Bonchev–Trinajstić information content (AvgIpc) is 2.58. The molecular weight excluding hydrogens is 316 g/mol. The Morgan fingerprint density at radius 2 is 1.84 bits per heavy atom. The van der Waals surface area contributed by atoms with Gasteiger partial charge in [0.1, 0.15) is 6.54 Å². The van der Waals surface area contributed by atoms with E-state index in [9.17, 15) is 4.79 Å². The molecule has 1 saturated carbocycles. The van der Waals surface area contributed by atoms with Crippen LogP contribution < -0.4 is 19.7 Å². The maximum Gasteiger partial charge on any atom is 0.275 e. The van der Waals surface area contributed by atoms with Crippen molar-refractivity contribution in [2.75, 3.05) is 27.8 Å². The van der Waals surface area contributed by atoms with E-state index in [1.54, 1.807) is 14.2 Å². The molecule has 0 saturated heterocycles. The van der Waals surface area contributed by atoms with Gasteiger partial charge in [0, 0.05) is 11.6 Å². The lowest BCUT2D eigenvalue weighted by atomic mass is 9.86. The van der Waals surface area contributed by atoms with Crippen molar-refractivity contribution in [3.63, 3.8) is 0 Å². The minimum absolute atomic E-state index is 0.148. The molecule has 5 nitrogen and oxygen atoms in total. The number of aryl methyl sites for hydroxylation is 1. The van der Waals surface area contributed by atoms with E-state index in [1.807, 2.05) is 12.1 Å². The molecule has 1 unspecified atom stereocenters. The molecule has 140 valence electrons. The monoisotopic (exact) mass is 349 g/mol. The number of hydrogen-bond acceptors (Lipinski definition) is 3. The lowest BCUT2D eigenvalue weighted by Gasteiger charge is -2.29. The van der Waals surface area contributed by atoms with Gasteiger partial charge in [-0.1, -0.05) is 19.8 Å². The number of amides is 1. The van der Waals surface area contributed by atoms with Crippen molar-refractivity contribution >= 4 is 5.91 Å². The molecule has 0 spiro atoms. The number of methoxy groups -OCH3 is 2. The number of nitrogens with one attached hydrogen (secondary N) is 2. The molecule has 0 aliphatic heterocycles. The van der Waals surface area contributed by atoms with Gasteiger partial charge in [0.25, 0.3) is 5.91 Å². The fourth-order valence-electron chi connectivity index (χ4n) is 3.66. The van der Waals surface area contributed by atoms with Gasteiger partial charge in [-0.25, -0.2) is 0 Å². The molecule has 0 heterocycles. The van der Waals surface area contributed by atoms with Crippen LogP contribution in [0.4, 0.5) is 0 Å². The van der Waals surface area contributed by atoms with Crippen molar-refractivity contribution in [3.05, 3.63) is 23.3 Å². The molecule has 2 N–H and O–H groups in total. The van der Waals surface area contributed by atoms with Crippen LogP contribution in [0.5, 0.6) is 11.5 Å². The van der Waals surface area contributed by atoms with Gasteiger partial charge in [-0.2, -0.15) is 0 Å². The Morgan fingerprint density at radius 1 is 1.20 bits per heavy atom. The molecule has 1 amide bonds. The van der Waals surface area contributed by atoms with E-state index in [4.69, 9.17) is 9.47 Å². The molecule has 1 fully saturated rings. The van der Waals surface area contributed by atoms with Gasteiger partial charge in [-0.15, -0.1) is 0 Å². The third-order valence-electron chi connectivity index (χ3n) is 5.25. The molecule has 1 aliphatic carbocycles. The highest BCUT2D eigenvalue weighted by Crippen LogP contribution is 2.29. The molecule has 25 heavy (non-hydrogen) atoms. The van der Waals surface area contributed by atoms with Gasteiger partial charge in [0.2, 0.25) is 0 Å². The first-order chi connectivity index (χ1) is 11.9. The Bertz CT molecular complexity index is 589. The zero-order valence-corrected chi connectivity index (χ0v) is 16.3. The van der Waals surface area contributed by atoms with Crippen LogP contribution in [0, 0.1) is 12.8 Å². The smallest absolute Gasteiger partial charge is 0.275 e. The zero-order valence-electron chi connectivity index (χ0n) is 16.3. The molecule has 2 rings (SSSR count). The minimum Gasteiger partial charge on any atom is -0.493 e. The van der Waals surface area contributed by atoms with E-state index in [0.717, 1.165) is 34.9 Å².